The van der Waals surface area contributed by atoms with Crippen molar-refractivity contribution in [1.29, 1.82) is 0 Å². The van der Waals surface area contributed by atoms with Crippen molar-refractivity contribution < 1.29 is 31.9 Å². The van der Waals surface area contributed by atoms with Crippen LogP contribution < -0.4 is 5.32 Å². The molecule has 0 saturated carbocycles. The fraction of sp³-hybridized carbons (Fsp3) is 0.500. The number of hydrogen-bond donors (Lipinski definition) is 1. The lowest BCUT2D eigenvalue weighted by Crippen LogP contribution is -2.43. The van der Waals surface area contributed by atoms with Crippen molar-refractivity contribution >= 4 is 27.8 Å². The van der Waals surface area contributed by atoms with Crippen molar-refractivity contribution in [3.05, 3.63) is 39.9 Å². The Morgan fingerprint density at radius 3 is 2.50 bits per heavy atom. The van der Waals surface area contributed by atoms with Gasteiger partial charge in [0.25, 0.3) is 15.8 Å². The summed E-state index contributed by atoms with van der Waals surface area (Å²) < 4.78 is 32.9. The molecule has 1 aromatic rings. The molecular weight excluding hydrogens is 394 g/mol. The highest BCUT2D eigenvalue weighted by molar-refractivity contribution is 7.86. The Kier molecular flexibility index (Phi) is 6.91. The predicted octanol–water partition coefficient (Wildman–Crippen LogP) is 0.787. The highest BCUT2D eigenvalue weighted by Gasteiger charge is 2.38. The Labute approximate surface area is 161 Å². The van der Waals surface area contributed by atoms with Crippen LogP contribution in [0.3, 0.4) is 0 Å². The molecule has 0 aromatic heterocycles. The molecule has 11 nitrogen and oxygen atoms in total. The van der Waals surface area contributed by atoms with Crippen LogP contribution in [0.25, 0.3) is 0 Å². The highest BCUT2D eigenvalue weighted by Crippen LogP contribution is 2.23. The summed E-state index contributed by atoms with van der Waals surface area (Å²) in [6, 6.07) is 5.06. The molecule has 0 spiro atoms. The summed E-state index contributed by atoms with van der Waals surface area (Å²) >= 11 is 0. The highest BCUT2D eigenvalue weighted by atomic mass is 32.2. The maximum absolute atomic E-state index is 12.4. The summed E-state index contributed by atoms with van der Waals surface area (Å²) in [5.41, 5.74) is 0.478. The first-order chi connectivity index (χ1) is 13.0. The number of carbonyl (C=O) groups excluding carboxylic acids is 2. The monoisotopic (exact) mass is 415 g/mol. The fourth-order valence-electron chi connectivity index (χ4n) is 2.81. The first-order valence-electron chi connectivity index (χ1n) is 8.34. The molecule has 1 aromatic carbocycles. The quantitative estimate of drug-likeness (QED) is 0.391. The van der Waals surface area contributed by atoms with Crippen LogP contribution in [0, 0.1) is 10.1 Å². The molecule has 1 fully saturated rings. The first kappa shape index (κ1) is 21.6. The van der Waals surface area contributed by atoms with E-state index in [2.05, 4.69) is 5.32 Å². The molecule has 0 radical (unpaired) electrons. The molecule has 1 aliphatic heterocycles. The van der Waals surface area contributed by atoms with Crippen LogP contribution in [0.1, 0.15) is 18.9 Å². The normalized spacial score (nSPS) is 19.3. The van der Waals surface area contributed by atoms with E-state index >= 15 is 0 Å². The predicted molar refractivity (Wildman–Crippen MR) is 96.8 cm³/mol. The molecule has 0 bridgehead atoms. The zero-order valence-electron chi connectivity index (χ0n) is 15.4. The SMILES string of the molecule is CC(=O)NC[C@@H]1C[C@@H](OS(C)(=O)=O)CN1C(=O)OCc1ccc([N+](=O)[O-])cc1. The lowest BCUT2D eigenvalue weighted by atomic mass is 10.2. The van der Waals surface area contributed by atoms with Gasteiger partial charge >= 0.3 is 6.09 Å². The zero-order valence-corrected chi connectivity index (χ0v) is 16.2. The first-order valence-corrected chi connectivity index (χ1v) is 10.2. The van der Waals surface area contributed by atoms with Crippen molar-refractivity contribution in [2.24, 2.45) is 0 Å². The lowest BCUT2D eigenvalue weighted by Gasteiger charge is -2.23. The number of nitrogens with one attached hydrogen (secondary N) is 1. The number of ether oxygens (including phenoxy) is 1. The molecule has 1 saturated heterocycles. The van der Waals surface area contributed by atoms with E-state index in [0.29, 0.717) is 5.56 Å². The molecule has 2 amide bonds. The van der Waals surface area contributed by atoms with Gasteiger partial charge in [0, 0.05) is 25.6 Å². The number of non-ortho nitro benzene ring substituents is 1. The van der Waals surface area contributed by atoms with E-state index in [0.717, 1.165) is 6.26 Å². The molecule has 0 aliphatic carbocycles. The van der Waals surface area contributed by atoms with E-state index < -0.39 is 33.3 Å². The number of nitrogens with zero attached hydrogens (tertiary/aromatic N) is 2. The van der Waals surface area contributed by atoms with Crippen molar-refractivity contribution in [1.82, 2.24) is 10.2 Å². The zero-order chi connectivity index (χ0) is 20.9. The Morgan fingerprint density at radius 2 is 1.96 bits per heavy atom. The number of hydrogen-bond acceptors (Lipinski definition) is 8. The van der Waals surface area contributed by atoms with Gasteiger partial charge in [0.15, 0.2) is 0 Å². The van der Waals surface area contributed by atoms with Crippen molar-refractivity contribution in [2.45, 2.75) is 32.1 Å². The number of benzene rings is 1. The Hall–Kier alpha value is -2.73. The average molecular weight is 415 g/mol. The second-order valence-corrected chi connectivity index (χ2v) is 7.98. The van der Waals surface area contributed by atoms with Crippen LogP contribution in [-0.2, 0) is 30.4 Å². The minimum absolute atomic E-state index is 0.00356. The van der Waals surface area contributed by atoms with Crippen molar-refractivity contribution in [3.8, 4) is 0 Å². The maximum Gasteiger partial charge on any atom is 0.410 e. The lowest BCUT2D eigenvalue weighted by molar-refractivity contribution is -0.384. The standard InChI is InChI=1S/C16H21N3O8S/c1-11(20)17-8-14-7-15(27-28(2,24)25)9-18(14)16(21)26-10-12-3-5-13(6-4-12)19(22)23/h3-6,14-15H,7-10H2,1-2H3,(H,17,20)/t14-,15+/m0/s1. The Morgan fingerprint density at radius 1 is 1.32 bits per heavy atom. The summed E-state index contributed by atoms with van der Waals surface area (Å²) in [5, 5.41) is 13.2. The summed E-state index contributed by atoms with van der Waals surface area (Å²) in [5.74, 6) is -0.285. The van der Waals surface area contributed by atoms with Crippen LogP contribution in [0.2, 0.25) is 0 Å². The van der Waals surface area contributed by atoms with Crippen LogP contribution in [0.5, 0.6) is 0 Å². The molecule has 28 heavy (non-hydrogen) atoms. The third-order valence-corrected chi connectivity index (χ3v) is 4.64. The topological polar surface area (TPSA) is 145 Å². The van der Waals surface area contributed by atoms with Gasteiger partial charge < -0.3 is 15.0 Å². The number of nitro groups is 1. The number of amides is 2. The van der Waals surface area contributed by atoms with E-state index in [1.807, 2.05) is 0 Å². The molecular formula is C16H21N3O8S. The van der Waals surface area contributed by atoms with Gasteiger partial charge in [-0.1, -0.05) is 0 Å². The summed E-state index contributed by atoms with van der Waals surface area (Å²) in [4.78, 5) is 35.0. The summed E-state index contributed by atoms with van der Waals surface area (Å²) in [6.07, 6.45) is -0.292. The van der Waals surface area contributed by atoms with Gasteiger partial charge in [-0.25, -0.2) is 4.79 Å². The fourth-order valence-corrected chi connectivity index (χ4v) is 3.44. The van der Waals surface area contributed by atoms with Crippen molar-refractivity contribution in [3.63, 3.8) is 0 Å². The van der Waals surface area contributed by atoms with Crippen LogP contribution in [0.15, 0.2) is 24.3 Å². The van der Waals surface area contributed by atoms with Crippen LogP contribution >= 0.6 is 0 Å². The number of likely N-dealkylation sites (tertiary alicyclic amines) is 1. The van der Waals surface area contributed by atoms with E-state index in [-0.39, 0.29) is 37.7 Å². The molecule has 2 rings (SSSR count). The number of rotatable bonds is 7. The molecule has 12 heteroatoms. The smallest absolute Gasteiger partial charge is 0.410 e. The minimum atomic E-state index is -3.70. The second kappa shape index (κ2) is 8.97. The largest absolute Gasteiger partial charge is 0.445 e. The maximum atomic E-state index is 12.4. The summed E-state index contributed by atoms with van der Waals surface area (Å²) in [7, 11) is -3.70. The Balaban J connectivity index is 2.00. The molecule has 1 aliphatic rings. The third-order valence-electron chi connectivity index (χ3n) is 4.02. The number of carbonyl (C=O) groups is 2. The third kappa shape index (κ3) is 6.46. The molecule has 1 N–H and O–H groups in total. The van der Waals surface area contributed by atoms with E-state index in [1.165, 1.54) is 36.1 Å². The van der Waals surface area contributed by atoms with Crippen molar-refractivity contribution in [2.75, 3.05) is 19.3 Å². The van der Waals surface area contributed by atoms with Gasteiger partial charge in [0.2, 0.25) is 5.91 Å². The van der Waals surface area contributed by atoms with Gasteiger partial charge in [0.1, 0.15) is 6.61 Å². The van der Waals surface area contributed by atoms with Crippen LogP contribution in [0.4, 0.5) is 10.5 Å². The van der Waals surface area contributed by atoms with E-state index in [1.54, 1.807) is 0 Å². The van der Waals surface area contributed by atoms with Crippen LogP contribution in [-0.4, -0.2) is 61.7 Å². The molecule has 2 atom stereocenters. The minimum Gasteiger partial charge on any atom is -0.445 e. The van der Waals surface area contributed by atoms with Gasteiger partial charge in [-0.15, -0.1) is 0 Å². The van der Waals surface area contributed by atoms with Gasteiger partial charge in [-0.05, 0) is 24.1 Å². The molecule has 1 heterocycles. The Bertz CT molecular complexity index is 840. The summed E-state index contributed by atoms with van der Waals surface area (Å²) in [6.45, 7) is 1.34. The van der Waals surface area contributed by atoms with E-state index in [9.17, 15) is 28.1 Å². The molecule has 0 unspecified atom stereocenters. The average Bonchev–Trinajstić information content (AvgIpc) is 2.99. The molecule has 154 valence electrons. The van der Waals surface area contributed by atoms with Gasteiger partial charge in [-0.3, -0.25) is 19.1 Å². The van der Waals surface area contributed by atoms with E-state index in [4.69, 9.17) is 8.92 Å². The van der Waals surface area contributed by atoms with Gasteiger partial charge in [-0.2, -0.15) is 8.42 Å². The second-order valence-electron chi connectivity index (χ2n) is 6.38. The van der Waals surface area contributed by atoms with Gasteiger partial charge in [0.05, 0.1) is 29.9 Å². The number of nitro benzene ring substituents is 1.